The second kappa shape index (κ2) is 6.92. The molecule has 2 aromatic carbocycles. The van der Waals surface area contributed by atoms with Crippen molar-refractivity contribution >= 4 is 39.4 Å². The van der Waals surface area contributed by atoms with Gasteiger partial charge in [0.2, 0.25) is 5.91 Å². The number of amides is 1. The smallest absolute Gasteiger partial charge is 0.227 e. The number of carbonyl (C=O) groups is 2. The molecule has 23 heavy (non-hydrogen) atoms. The Hall–Kier alpha value is -2.20. The molecule has 0 N–H and O–H groups in total. The fraction of sp³-hybridized carbons (Fsp3) is 0.158. The zero-order valence-electron chi connectivity index (χ0n) is 12.5. The van der Waals surface area contributed by atoms with Crippen molar-refractivity contribution in [1.82, 2.24) is 0 Å². The van der Waals surface area contributed by atoms with Crippen LogP contribution in [0.4, 0.5) is 5.69 Å². The summed E-state index contributed by atoms with van der Waals surface area (Å²) in [5, 5.41) is 0. The van der Waals surface area contributed by atoms with Crippen molar-refractivity contribution in [2.75, 3.05) is 11.4 Å². The highest BCUT2D eigenvalue weighted by atomic mass is 79.9. The molecule has 0 saturated carbocycles. The van der Waals surface area contributed by atoms with Crippen molar-refractivity contribution in [3.8, 4) is 0 Å². The Morgan fingerprint density at radius 1 is 1.13 bits per heavy atom. The van der Waals surface area contributed by atoms with Crippen LogP contribution in [0.5, 0.6) is 0 Å². The van der Waals surface area contributed by atoms with E-state index >= 15 is 0 Å². The third-order valence-electron chi connectivity index (χ3n) is 3.84. The van der Waals surface area contributed by atoms with Crippen LogP contribution < -0.4 is 4.90 Å². The SMILES string of the molecule is O=C(/C=C/c1ccccc1Br)c1cccc(N2CCCC2=O)c1. The molecule has 3 nitrogen and oxygen atoms in total. The van der Waals surface area contributed by atoms with Crippen LogP contribution in [-0.2, 0) is 4.79 Å². The van der Waals surface area contributed by atoms with Gasteiger partial charge in [-0.2, -0.15) is 0 Å². The normalized spacial score (nSPS) is 14.7. The molecule has 1 saturated heterocycles. The second-order valence-electron chi connectivity index (χ2n) is 5.42. The fourth-order valence-corrected chi connectivity index (χ4v) is 3.04. The first kappa shape index (κ1) is 15.7. The van der Waals surface area contributed by atoms with Crippen LogP contribution in [0.3, 0.4) is 0 Å². The van der Waals surface area contributed by atoms with Gasteiger partial charge in [-0.05, 0) is 42.3 Å². The molecule has 0 radical (unpaired) electrons. The van der Waals surface area contributed by atoms with E-state index in [-0.39, 0.29) is 11.7 Å². The molecule has 1 aliphatic heterocycles. The highest BCUT2D eigenvalue weighted by Gasteiger charge is 2.21. The van der Waals surface area contributed by atoms with E-state index < -0.39 is 0 Å². The lowest BCUT2D eigenvalue weighted by molar-refractivity contribution is -0.117. The second-order valence-corrected chi connectivity index (χ2v) is 6.27. The Morgan fingerprint density at radius 2 is 1.96 bits per heavy atom. The van der Waals surface area contributed by atoms with Crippen molar-refractivity contribution in [3.63, 3.8) is 0 Å². The molecule has 3 rings (SSSR count). The topological polar surface area (TPSA) is 37.4 Å². The molecule has 0 atom stereocenters. The number of carbonyl (C=O) groups excluding carboxylic acids is 2. The van der Waals surface area contributed by atoms with E-state index in [2.05, 4.69) is 15.9 Å². The van der Waals surface area contributed by atoms with Crippen molar-refractivity contribution in [3.05, 3.63) is 70.2 Å². The maximum absolute atomic E-state index is 12.4. The number of anilines is 1. The number of rotatable bonds is 4. The van der Waals surface area contributed by atoms with Crippen molar-refractivity contribution in [2.45, 2.75) is 12.8 Å². The average molecular weight is 370 g/mol. The Kier molecular flexibility index (Phi) is 4.72. The van der Waals surface area contributed by atoms with Crippen LogP contribution in [0.2, 0.25) is 0 Å². The van der Waals surface area contributed by atoms with Crippen LogP contribution >= 0.6 is 15.9 Å². The highest BCUT2D eigenvalue weighted by molar-refractivity contribution is 9.10. The molecule has 116 valence electrons. The molecule has 0 bridgehead atoms. The highest BCUT2D eigenvalue weighted by Crippen LogP contribution is 2.23. The van der Waals surface area contributed by atoms with E-state index in [0.29, 0.717) is 12.0 Å². The number of halogens is 1. The van der Waals surface area contributed by atoms with Crippen molar-refractivity contribution in [1.29, 1.82) is 0 Å². The summed E-state index contributed by atoms with van der Waals surface area (Å²) >= 11 is 3.46. The molecule has 4 heteroatoms. The molecule has 1 aliphatic rings. The van der Waals surface area contributed by atoms with E-state index in [1.54, 1.807) is 29.2 Å². The summed E-state index contributed by atoms with van der Waals surface area (Å²) in [6, 6.07) is 15.0. The Labute approximate surface area is 143 Å². The molecule has 0 spiro atoms. The van der Waals surface area contributed by atoms with Gasteiger partial charge in [-0.3, -0.25) is 9.59 Å². The largest absolute Gasteiger partial charge is 0.312 e. The van der Waals surface area contributed by atoms with E-state index in [0.717, 1.165) is 28.7 Å². The first-order chi connectivity index (χ1) is 11.1. The lowest BCUT2D eigenvalue weighted by atomic mass is 10.1. The third kappa shape index (κ3) is 3.59. The van der Waals surface area contributed by atoms with E-state index in [9.17, 15) is 9.59 Å². The maximum Gasteiger partial charge on any atom is 0.227 e. The van der Waals surface area contributed by atoms with Crippen LogP contribution in [0.25, 0.3) is 6.08 Å². The Balaban J connectivity index is 1.80. The van der Waals surface area contributed by atoms with Crippen LogP contribution in [-0.4, -0.2) is 18.2 Å². The third-order valence-corrected chi connectivity index (χ3v) is 4.56. The number of benzene rings is 2. The number of allylic oxidation sites excluding steroid dienone is 1. The minimum absolute atomic E-state index is 0.0748. The Bertz CT molecular complexity index is 782. The molecule has 0 unspecified atom stereocenters. The van der Waals surface area contributed by atoms with Gasteiger partial charge >= 0.3 is 0 Å². The number of ketones is 1. The standard InChI is InChI=1S/C19H16BrNO2/c20-17-8-2-1-5-14(17)10-11-18(22)15-6-3-7-16(13-15)21-12-4-9-19(21)23/h1-3,5-8,10-11,13H,4,9,12H2/b11-10+. The van der Waals surface area contributed by atoms with Gasteiger partial charge in [0, 0.05) is 28.7 Å². The van der Waals surface area contributed by atoms with E-state index in [1.165, 1.54) is 0 Å². The van der Waals surface area contributed by atoms with Crippen LogP contribution in [0.1, 0.15) is 28.8 Å². The molecule has 1 amide bonds. The van der Waals surface area contributed by atoms with Crippen LogP contribution in [0, 0.1) is 0 Å². The van der Waals surface area contributed by atoms with Crippen molar-refractivity contribution in [2.24, 2.45) is 0 Å². The molecular formula is C19H16BrNO2. The first-order valence-corrected chi connectivity index (χ1v) is 8.32. The van der Waals surface area contributed by atoms with Gasteiger partial charge in [0.1, 0.15) is 0 Å². The fourth-order valence-electron chi connectivity index (χ4n) is 2.62. The van der Waals surface area contributed by atoms with Gasteiger partial charge in [-0.15, -0.1) is 0 Å². The van der Waals surface area contributed by atoms with Gasteiger partial charge in [0.25, 0.3) is 0 Å². The predicted octanol–water partition coefficient (Wildman–Crippen LogP) is 4.47. The maximum atomic E-state index is 12.4. The number of nitrogens with zero attached hydrogens (tertiary/aromatic N) is 1. The zero-order chi connectivity index (χ0) is 16.2. The van der Waals surface area contributed by atoms with E-state index in [1.807, 2.05) is 36.4 Å². The summed E-state index contributed by atoms with van der Waals surface area (Å²) in [5.41, 5.74) is 2.34. The minimum atomic E-state index is -0.0748. The molecule has 2 aromatic rings. The molecule has 0 aromatic heterocycles. The minimum Gasteiger partial charge on any atom is -0.312 e. The number of hydrogen-bond acceptors (Lipinski definition) is 2. The van der Waals surface area contributed by atoms with E-state index in [4.69, 9.17) is 0 Å². The van der Waals surface area contributed by atoms with Crippen LogP contribution in [0.15, 0.2) is 59.1 Å². The zero-order valence-corrected chi connectivity index (χ0v) is 14.1. The summed E-state index contributed by atoms with van der Waals surface area (Å²) in [6.45, 7) is 0.725. The molecule has 1 fully saturated rings. The lowest BCUT2D eigenvalue weighted by Gasteiger charge is -2.16. The summed E-state index contributed by atoms with van der Waals surface area (Å²) in [7, 11) is 0. The lowest BCUT2D eigenvalue weighted by Crippen LogP contribution is -2.23. The van der Waals surface area contributed by atoms with Gasteiger partial charge in [-0.25, -0.2) is 0 Å². The van der Waals surface area contributed by atoms with Gasteiger partial charge in [0.05, 0.1) is 0 Å². The average Bonchev–Trinajstić information content (AvgIpc) is 3.00. The van der Waals surface area contributed by atoms with Gasteiger partial charge in [0.15, 0.2) is 5.78 Å². The number of hydrogen-bond donors (Lipinski definition) is 0. The molecule has 0 aliphatic carbocycles. The Morgan fingerprint density at radius 3 is 2.70 bits per heavy atom. The van der Waals surface area contributed by atoms with Gasteiger partial charge < -0.3 is 4.90 Å². The van der Waals surface area contributed by atoms with Crippen molar-refractivity contribution < 1.29 is 9.59 Å². The molecular weight excluding hydrogens is 354 g/mol. The summed E-state index contributed by atoms with van der Waals surface area (Å²) in [5.74, 6) is 0.0487. The molecule has 1 heterocycles. The first-order valence-electron chi connectivity index (χ1n) is 7.52. The predicted molar refractivity (Wildman–Crippen MR) is 95.5 cm³/mol. The van der Waals surface area contributed by atoms with Gasteiger partial charge in [-0.1, -0.05) is 46.3 Å². The monoisotopic (exact) mass is 369 g/mol. The summed E-state index contributed by atoms with van der Waals surface area (Å²) in [4.78, 5) is 25.9. The summed E-state index contributed by atoms with van der Waals surface area (Å²) < 4.78 is 0.945. The quantitative estimate of drug-likeness (QED) is 0.588. The summed E-state index contributed by atoms with van der Waals surface area (Å²) in [6.07, 6.45) is 4.81.